The lowest BCUT2D eigenvalue weighted by molar-refractivity contribution is 0.102. The van der Waals surface area contributed by atoms with Crippen LogP contribution in [0.15, 0.2) is 60.7 Å². The number of para-hydroxylation sites is 1. The van der Waals surface area contributed by atoms with Crippen molar-refractivity contribution in [2.45, 2.75) is 6.92 Å². The highest BCUT2D eigenvalue weighted by molar-refractivity contribution is 6.20. The Labute approximate surface area is 122 Å². The number of carbonyl (C=O) groups is 1. The van der Waals surface area contributed by atoms with E-state index in [2.05, 4.69) is 18.2 Å². The van der Waals surface area contributed by atoms with Crippen molar-refractivity contribution in [3.63, 3.8) is 0 Å². The highest BCUT2D eigenvalue weighted by atomic mass is 16.1. The second-order valence-corrected chi connectivity index (χ2v) is 5.24. The van der Waals surface area contributed by atoms with E-state index in [1.54, 1.807) is 6.92 Å². The standard InChI is InChI=1S/C19H13NO/c1-12(21)18-15-8-4-5-9-17(15)20-19-14-7-3-2-6-13(14)10-11-16(18)19/h2-11H,1H3. The van der Waals surface area contributed by atoms with Crippen molar-refractivity contribution in [3.8, 4) is 0 Å². The molecule has 0 saturated heterocycles. The van der Waals surface area contributed by atoms with Crippen LogP contribution in [0.25, 0.3) is 32.6 Å². The highest BCUT2D eigenvalue weighted by Crippen LogP contribution is 2.31. The second-order valence-electron chi connectivity index (χ2n) is 5.24. The Balaban J connectivity index is 2.33. The predicted molar refractivity (Wildman–Crippen MR) is 86.8 cm³/mol. The monoisotopic (exact) mass is 271 g/mol. The van der Waals surface area contributed by atoms with Gasteiger partial charge in [0.2, 0.25) is 0 Å². The summed E-state index contributed by atoms with van der Waals surface area (Å²) in [6.07, 6.45) is 0. The van der Waals surface area contributed by atoms with Gasteiger partial charge in [0.25, 0.3) is 0 Å². The number of rotatable bonds is 1. The van der Waals surface area contributed by atoms with E-state index >= 15 is 0 Å². The molecule has 0 fully saturated rings. The minimum absolute atomic E-state index is 0.0777. The van der Waals surface area contributed by atoms with Gasteiger partial charge in [-0.25, -0.2) is 4.98 Å². The summed E-state index contributed by atoms with van der Waals surface area (Å²) >= 11 is 0. The molecule has 0 radical (unpaired) electrons. The van der Waals surface area contributed by atoms with E-state index in [1.165, 1.54) is 0 Å². The third-order valence-corrected chi connectivity index (χ3v) is 3.93. The largest absolute Gasteiger partial charge is 0.294 e. The van der Waals surface area contributed by atoms with Gasteiger partial charge in [-0.15, -0.1) is 0 Å². The van der Waals surface area contributed by atoms with Crippen LogP contribution in [-0.4, -0.2) is 10.8 Å². The summed E-state index contributed by atoms with van der Waals surface area (Å²) in [5, 5.41) is 4.08. The van der Waals surface area contributed by atoms with Crippen molar-refractivity contribution in [2.75, 3.05) is 0 Å². The van der Waals surface area contributed by atoms with Crippen LogP contribution in [0.3, 0.4) is 0 Å². The molecule has 2 nitrogen and oxygen atoms in total. The highest BCUT2D eigenvalue weighted by Gasteiger charge is 2.13. The third-order valence-electron chi connectivity index (χ3n) is 3.93. The quantitative estimate of drug-likeness (QED) is 0.284. The molecule has 4 aromatic rings. The third kappa shape index (κ3) is 1.73. The molecule has 1 heterocycles. The van der Waals surface area contributed by atoms with Gasteiger partial charge in [-0.3, -0.25) is 4.79 Å². The van der Waals surface area contributed by atoms with Gasteiger partial charge in [0, 0.05) is 21.7 Å². The Hall–Kier alpha value is -2.74. The fourth-order valence-electron chi connectivity index (χ4n) is 3.00. The number of benzene rings is 3. The van der Waals surface area contributed by atoms with Crippen molar-refractivity contribution in [3.05, 3.63) is 66.2 Å². The molecule has 3 aromatic carbocycles. The predicted octanol–water partition coefficient (Wildman–Crippen LogP) is 4.74. The van der Waals surface area contributed by atoms with Gasteiger partial charge < -0.3 is 0 Å². The van der Waals surface area contributed by atoms with Crippen molar-refractivity contribution in [1.82, 2.24) is 4.98 Å². The summed E-state index contributed by atoms with van der Waals surface area (Å²) in [4.78, 5) is 17.0. The molecule has 0 bridgehead atoms. The van der Waals surface area contributed by atoms with Gasteiger partial charge in [0.15, 0.2) is 5.78 Å². The number of aromatic nitrogens is 1. The Morgan fingerprint density at radius 3 is 2.33 bits per heavy atom. The average Bonchev–Trinajstić information content (AvgIpc) is 2.52. The first kappa shape index (κ1) is 12.0. The first-order valence-electron chi connectivity index (χ1n) is 6.97. The summed E-state index contributed by atoms with van der Waals surface area (Å²) in [6.45, 7) is 1.62. The molecule has 0 saturated carbocycles. The van der Waals surface area contributed by atoms with Gasteiger partial charge in [0.05, 0.1) is 11.0 Å². The van der Waals surface area contributed by atoms with Gasteiger partial charge in [-0.1, -0.05) is 54.6 Å². The Kier molecular flexibility index (Phi) is 2.51. The maximum atomic E-state index is 12.2. The normalized spacial score (nSPS) is 11.3. The Morgan fingerprint density at radius 1 is 0.810 bits per heavy atom. The summed E-state index contributed by atoms with van der Waals surface area (Å²) in [5.74, 6) is 0.0777. The van der Waals surface area contributed by atoms with Crippen LogP contribution < -0.4 is 0 Å². The van der Waals surface area contributed by atoms with Crippen LogP contribution in [0.2, 0.25) is 0 Å². The van der Waals surface area contributed by atoms with Gasteiger partial charge in [-0.05, 0) is 18.4 Å². The van der Waals surface area contributed by atoms with Gasteiger partial charge in [0.1, 0.15) is 0 Å². The fraction of sp³-hybridized carbons (Fsp3) is 0.0526. The zero-order valence-electron chi connectivity index (χ0n) is 11.6. The molecular formula is C19H13NO. The second kappa shape index (κ2) is 4.38. The van der Waals surface area contributed by atoms with E-state index in [0.717, 1.165) is 38.1 Å². The fourth-order valence-corrected chi connectivity index (χ4v) is 3.00. The number of Topliss-reactive ketones (excluding diaryl/α,β-unsaturated/α-hetero) is 1. The summed E-state index contributed by atoms with van der Waals surface area (Å²) in [7, 11) is 0. The molecule has 0 unspecified atom stereocenters. The minimum atomic E-state index is 0.0777. The molecule has 0 N–H and O–H groups in total. The maximum absolute atomic E-state index is 12.2. The van der Waals surface area contributed by atoms with E-state index in [4.69, 9.17) is 4.98 Å². The molecule has 0 aliphatic carbocycles. The molecule has 0 amide bonds. The van der Waals surface area contributed by atoms with Crippen LogP contribution in [0.5, 0.6) is 0 Å². The van der Waals surface area contributed by atoms with E-state index in [0.29, 0.717) is 0 Å². The van der Waals surface area contributed by atoms with Gasteiger partial charge >= 0.3 is 0 Å². The Bertz CT molecular complexity index is 1020. The van der Waals surface area contributed by atoms with Crippen LogP contribution in [-0.2, 0) is 0 Å². The van der Waals surface area contributed by atoms with Gasteiger partial charge in [-0.2, -0.15) is 0 Å². The number of ketones is 1. The summed E-state index contributed by atoms with van der Waals surface area (Å²) in [5.41, 5.74) is 2.53. The number of nitrogens with zero attached hydrogens (tertiary/aromatic N) is 1. The van der Waals surface area contributed by atoms with Crippen molar-refractivity contribution < 1.29 is 4.79 Å². The van der Waals surface area contributed by atoms with Crippen molar-refractivity contribution >= 4 is 38.4 Å². The van der Waals surface area contributed by atoms with Crippen LogP contribution in [0, 0.1) is 0 Å². The smallest absolute Gasteiger partial charge is 0.161 e. The summed E-state index contributed by atoms with van der Waals surface area (Å²) in [6, 6.07) is 20.0. The Morgan fingerprint density at radius 2 is 1.52 bits per heavy atom. The lowest BCUT2D eigenvalue weighted by Crippen LogP contribution is -1.98. The first-order chi connectivity index (χ1) is 10.3. The molecule has 2 heteroatoms. The average molecular weight is 271 g/mol. The molecule has 21 heavy (non-hydrogen) atoms. The number of carbonyl (C=O) groups excluding carboxylic acids is 1. The molecule has 100 valence electrons. The number of fused-ring (bicyclic) bond motifs is 4. The van der Waals surface area contributed by atoms with E-state index in [9.17, 15) is 4.79 Å². The molecule has 4 rings (SSSR count). The molecular weight excluding hydrogens is 258 g/mol. The summed E-state index contributed by atoms with van der Waals surface area (Å²) < 4.78 is 0. The maximum Gasteiger partial charge on any atom is 0.161 e. The number of hydrogen-bond donors (Lipinski definition) is 0. The lowest BCUT2D eigenvalue weighted by atomic mass is 9.97. The van der Waals surface area contributed by atoms with Crippen LogP contribution >= 0.6 is 0 Å². The van der Waals surface area contributed by atoms with E-state index < -0.39 is 0 Å². The van der Waals surface area contributed by atoms with Crippen LogP contribution in [0.1, 0.15) is 17.3 Å². The minimum Gasteiger partial charge on any atom is -0.294 e. The van der Waals surface area contributed by atoms with E-state index in [-0.39, 0.29) is 5.78 Å². The van der Waals surface area contributed by atoms with Crippen LogP contribution in [0.4, 0.5) is 0 Å². The topological polar surface area (TPSA) is 30.0 Å². The van der Waals surface area contributed by atoms with Crippen molar-refractivity contribution in [2.24, 2.45) is 0 Å². The lowest BCUT2D eigenvalue weighted by Gasteiger charge is -2.10. The molecule has 0 atom stereocenters. The zero-order chi connectivity index (χ0) is 14.4. The molecule has 0 aliphatic heterocycles. The van der Waals surface area contributed by atoms with Crippen molar-refractivity contribution in [1.29, 1.82) is 0 Å². The SMILES string of the molecule is CC(=O)c1c2ccccc2nc2c1ccc1ccccc12. The first-order valence-corrected chi connectivity index (χ1v) is 6.97. The molecule has 1 aromatic heterocycles. The zero-order valence-corrected chi connectivity index (χ0v) is 11.6. The number of hydrogen-bond acceptors (Lipinski definition) is 2. The molecule has 0 aliphatic rings. The number of pyridine rings is 1. The van der Waals surface area contributed by atoms with E-state index in [1.807, 2.05) is 42.5 Å². The molecule has 0 spiro atoms.